The summed E-state index contributed by atoms with van der Waals surface area (Å²) in [5.41, 5.74) is -1.18. The van der Waals surface area contributed by atoms with Crippen molar-refractivity contribution in [1.82, 2.24) is 0 Å². The third kappa shape index (κ3) is 3.29. The van der Waals surface area contributed by atoms with Gasteiger partial charge in [-0.2, -0.15) is 13.2 Å². The number of alkyl halides is 3. The van der Waals surface area contributed by atoms with Crippen LogP contribution in [0.4, 0.5) is 26.3 Å². The average molecular weight is 306 g/mol. The molecule has 0 saturated heterocycles. The summed E-state index contributed by atoms with van der Waals surface area (Å²) < 4.78 is 82.3. The Kier molecular flexibility index (Phi) is 3.85. The fraction of sp³-hybridized carbons (Fsp3) is 0.143. The number of ether oxygens (including phenoxy) is 1. The number of halogens is 6. The van der Waals surface area contributed by atoms with E-state index in [-0.39, 0.29) is 23.4 Å². The van der Waals surface area contributed by atoms with Crippen LogP contribution in [-0.4, -0.2) is 0 Å². The van der Waals surface area contributed by atoms with Gasteiger partial charge in [0.2, 0.25) is 0 Å². The zero-order chi connectivity index (χ0) is 15.8. The third-order valence-corrected chi connectivity index (χ3v) is 2.69. The van der Waals surface area contributed by atoms with Crippen LogP contribution in [-0.2, 0) is 6.18 Å². The molecule has 0 spiro atoms. The van der Waals surface area contributed by atoms with Crippen LogP contribution < -0.4 is 4.74 Å². The average Bonchev–Trinajstić information content (AvgIpc) is 2.36. The molecule has 2 rings (SSSR count). The Hall–Kier alpha value is -2.18. The predicted octanol–water partition coefficient (Wildman–Crippen LogP) is 5.22. The first-order valence-corrected chi connectivity index (χ1v) is 5.68. The van der Waals surface area contributed by atoms with E-state index in [1.54, 1.807) is 0 Å². The van der Waals surface area contributed by atoms with Crippen molar-refractivity contribution in [1.29, 1.82) is 0 Å². The van der Waals surface area contributed by atoms with E-state index in [9.17, 15) is 26.3 Å². The van der Waals surface area contributed by atoms with E-state index in [4.69, 9.17) is 4.74 Å². The van der Waals surface area contributed by atoms with Crippen LogP contribution in [0.2, 0.25) is 0 Å². The van der Waals surface area contributed by atoms with E-state index in [2.05, 4.69) is 0 Å². The molecule has 112 valence electrons. The summed E-state index contributed by atoms with van der Waals surface area (Å²) in [6, 6.07) is 3.66. The fourth-order valence-electron chi connectivity index (χ4n) is 1.58. The minimum absolute atomic E-state index is 0.114. The SMILES string of the molecule is Cc1ccc(Oc2c(F)cc(C(F)(F)F)cc2F)cc1F. The maximum absolute atomic E-state index is 13.5. The molecule has 0 bridgehead atoms. The van der Waals surface area contributed by atoms with Gasteiger partial charge in [-0.1, -0.05) is 6.07 Å². The van der Waals surface area contributed by atoms with Crippen LogP contribution in [0.15, 0.2) is 30.3 Å². The Bertz CT molecular complexity index is 655. The highest BCUT2D eigenvalue weighted by atomic mass is 19.4. The molecule has 0 radical (unpaired) electrons. The second-order valence-electron chi connectivity index (χ2n) is 4.28. The quantitative estimate of drug-likeness (QED) is 0.691. The zero-order valence-corrected chi connectivity index (χ0v) is 10.6. The minimum atomic E-state index is -4.88. The zero-order valence-electron chi connectivity index (χ0n) is 10.6. The van der Waals surface area contributed by atoms with Gasteiger partial charge in [0.25, 0.3) is 0 Å². The van der Waals surface area contributed by atoms with Crippen LogP contribution in [0.1, 0.15) is 11.1 Å². The lowest BCUT2D eigenvalue weighted by atomic mass is 10.2. The first kappa shape index (κ1) is 15.2. The lowest BCUT2D eigenvalue weighted by Gasteiger charge is -2.12. The maximum Gasteiger partial charge on any atom is 0.416 e. The Morgan fingerprint density at radius 3 is 1.90 bits per heavy atom. The molecule has 0 aliphatic carbocycles. The second-order valence-corrected chi connectivity index (χ2v) is 4.28. The van der Waals surface area contributed by atoms with E-state index >= 15 is 0 Å². The number of benzene rings is 2. The topological polar surface area (TPSA) is 9.23 Å². The standard InChI is InChI=1S/C14H8F6O/c1-7-2-3-9(6-10(7)15)21-13-11(16)4-8(5-12(13)17)14(18,19)20/h2-6H,1H3. The van der Waals surface area contributed by atoms with Gasteiger partial charge >= 0.3 is 6.18 Å². The van der Waals surface area contributed by atoms with Crippen molar-refractivity contribution in [2.45, 2.75) is 13.1 Å². The summed E-state index contributed by atoms with van der Waals surface area (Å²) in [5, 5.41) is 0. The van der Waals surface area contributed by atoms with Gasteiger partial charge in [-0.3, -0.25) is 0 Å². The lowest BCUT2D eigenvalue weighted by Crippen LogP contribution is -2.07. The smallest absolute Gasteiger partial charge is 0.416 e. The molecule has 0 aromatic heterocycles. The van der Waals surface area contributed by atoms with Crippen molar-refractivity contribution < 1.29 is 31.1 Å². The number of hydrogen-bond donors (Lipinski definition) is 0. The first-order chi connectivity index (χ1) is 9.68. The molecule has 1 nitrogen and oxygen atoms in total. The molecule has 0 heterocycles. The predicted molar refractivity (Wildman–Crippen MR) is 62.6 cm³/mol. The van der Waals surface area contributed by atoms with Crippen molar-refractivity contribution in [3.8, 4) is 11.5 Å². The lowest BCUT2D eigenvalue weighted by molar-refractivity contribution is -0.138. The Labute approximate surface area is 115 Å². The van der Waals surface area contributed by atoms with Crippen LogP contribution in [0, 0.1) is 24.4 Å². The van der Waals surface area contributed by atoms with E-state index < -0.39 is 34.9 Å². The van der Waals surface area contributed by atoms with Crippen LogP contribution in [0.5, 0.6) is 11.5 Å². The molecule has 0 aliphatic heterocycles. The van der Waals surface area contributed by atoms with Gasteiger partial charge in [0, 0.05) is 6.07 Å². The molecular formula is C14H8F6O. The van der Waals surface area contributed by atoms with E-state index in [0.29, 0.717) is 0 Å². The minimum Gasteiger partial charge on any atom is -0.451 e. The van der Waals surface area contributed by atoms with Crippen LogP contribution in [0.25, 0.3) is 0 Å². The molecular weight excluding hydrogens is 298 g/mol. The van der Waals surface area contributed by atoms with E-state index in [0.717, 1.165) is 6.07 Å². The molecule has 0 amide bonds. The summed E-state index contributed by atoms with van der Waals surface area (Å²) in [6.07, 6.45) is -4.88. The van der Waals surface area contributed by atoms with E-state index in [1.807, 2.05) is 0 Å². The summed E-state index contributed by atoms with van der Waals surface area (Å²) in [5.74, 6) is -4.96. The second kappa shape index (κ2) is 5.31. The largest absolute Gasteiger partial charge is 0.451 e. The molecule has 0 unspecified atom stereocenters. The van der Waals surface area contributed by atoms with Crippen molar-refractivity contribution >= 4 is 0 Å². The van der Waals surface area contributed by atoms with Gasteiger partial charge in [0.05, 0.1) is 5.56 Å². The summed E-state index contributed by atoms with van der Waals surface area (Å²) in [6.45, 7) is 1.47. The van der Waals surface area contributed by atoms with Gasteiger partial charge in [0.1, 0.15) is 11.6 Å². The monoisotopic (exact) mass is 306 g/mol. The molecule has 7 heteroatoms. The summed E-state index contributed by atoms with van der Waals surface area (Å²) in [4.78, 5) is 0. The van der Waals surface area contributed by atoms with Crippen molar-refractivity contribution in [3.63, 3.8) is 0 Å². The highest BCUT2D eigenvalue weighted by Crippen LogP contribution is 2.35. The summed E-state index contributed by atoms with van der Waals surface area (Å²) >= 11 is 0. The third-order valence-electron chi connectivity index (χ3n) is 2.69. The number of rotatable bonds is 2. The highest BCUT2D eigenvalue weighted by molar-refractivity contribution is 5.37. The molecule has 21 heavy (non-hydrogen) atoms. The van der Waals surface area contributed by atoms with Gasteiger partial charge < -0.3 is 4.74 Å². The Balaban J connectivity index is 2.39. The van der Waals surface area contributed by atoms with Gasteiger partial charge in [-0.05, 0) is 30.7 Å². The first-order valence-electron chi connectivity index (χ1n) is 5.68. The maximum atomic E-state index is 13.5. The normalized spacial score (nSPS) is 11.6. The van der Waals surface area contributed by atoms with Crippen molar-refractivity contribution in [2.24, 2.45) is 0 Å². The molecule has 0 atom stereocenters. The van der Waals surface area contributed by atoms with Gasteiger partial charge in [-0.15, -0.1) is 0 Å². The number of aryl methyl sites for hydroxylation is 1. The number of hydrogen-bond acceptors (Lipinski definition) is 1. The molecule has 0 aliphatic rings. The van der Waals surface area contributed by atoms with Gasteiger partial charge in [-0.25, -0.2) is 13.2 Å². The molecule has 0 N–H and O–H groups in total. The van der Waals surface area contributed by atoms with Gasteiger partial charge in [0.15, 0.2) is 17.4 Å². The van der Waals surface area contributed by atoms with E-state index in [1.165, 1.54) is 19.1 Å². The van der Waals surface area contributed by atoms with Crippen LogP contribution >= 0.6 is 0 Å². The van der Waals surface area contributed by atoms with Crippen LogP contribution in [0.3, 0.4) is 0 Å². The van der Waals surface area contributed by atoms with Crippen molar-refractivity contribution in [2.75, 3.05) is 0 Å². The van der Waals surface area contributed by atoms with Crippen molar-refractivity contribution in [3.05, 3.63) is 58.9 Å². The molecule has 2 aromatic carbocycles. The summed E-state index contributed by atoms with van der Waals surface area (Å²) in [7, 11) is 0. The molecule has 0 saturated carbocycles. The molecule has 0 fully saturated rings. The Morgan fingerprint density at radius 2 is 1.43 bits per heavy atom. The fourth-order valence-corrected chi connectivity index (χ4v) is 1.58. The highest BCUT2D eigenvalue weighted by Gasteiger charge is 2.33. The Morgan fingerprint density at radius 1 is 0.857 bits per heavy atom. The molecule has 2 aromatic rings.